The molecule has 0 saturated heterocycles. The van der Waals surface area contributed by atoms with Crippen molar-refractivity contribution in [2.24, 2.45) is 0 Å². The van der Waals surface area contributed by atoms with Crippen LogP contribution in [0.5, 0.6) is 0 Å². The highest BCUT2D eigenvalue weighted by atomic mass is 19.3. The first-order valence-electron chi connectivity index (χ1n) is 4.85. The van der Waals surface area contributed by atoms with Crippen molar-refractivity contribution < 1.29 is 13.5 Å². The lowest BCUT2D eigenvalue weighted by Crippen LogP contribution is -2.27. The smallest absolute Gasteiger partial charge is 0.261 e. The van der Waals surface area contributed by atoms with Gasteiger partial charge in [0.2, 0.25) is 0 Å². The Balaban J connectivity index is 2.10. The third-order valence-electron chi connectivity index (χ3n) is 2.34. The summed E-state index contributed by atoms with van der Waals surface area (Å²) in [6.07, 6.45) is 0.531. The molecule has 0 spiro atoms. The lowest BCUT2D eigenvalue weighted by Gasteiger charge is -2.12. The second kappa shape index (κ2) is 5.50. The summed E-state index contributed by atoms with van der Waals surface area (Å²) in [6, 6.07) is 0.465. The van der Waals surface area contributed by atoms with Crippen LogP contribution in [0.2, 0.25) is 0 Å². The zero-order chi connectivity index (χ0) is 9.68. The molecule has 1 N–H and O–H groups in total. The molecule has 1 aliphatic rings. The van der Waals surface area contributed by atoms with Gasteiger partial charge in [0.1, 0.15) is 6.61 Å². The molecule has 1 aliphatic carbocycles. The molecule has 0 heterocycles. The second-order valence-corrected chi connectivity index (χ2v) is 3.41. The Morgan fingerprint density at radius 1 is 1.46 bits per heavy atom. The average molecular weight is 193 g/mol. The Morgan fingerprint density at radius 3 is 2.85 bits per heavy atom. The minimum atomic E-state index is -2.34. The monoisotopic (exact) mass is 193 g/mol. The van der Waals surface area contributed by atoms with Gasteiger partial charge in [-0.25, -0.2) is 8.78 Å². The van der Waals surface area contributed by atoms with Crippen molar-refractivity contribution in [2.75, 3.05) is 13.2 Å². The van der Waals surface area contributed by atoms with E-state index in [-0.39, 0.29) is 6.10 Å². The van der Waals surface area contributed by atoms with Crippen molar-refractivity contribution >= 4 is 0 Å². The number of ether oxygens (including phenoxy) is 1. The number of alkyl halides is 2. The molecule has 4 heteroatoms. The van der Waals surface area contributed by atoms with E-state index in [2.05, 4.69) is 5.32 Å². The minimum absolute atomic E-state index is 0.0399. The Kier molecular flexibility index (Phi) is 4.59. The van der Waals surface area contributed by atoms with Crippen LogP contribution in [0.4, 0.5) is 8.78 Å². The minimum Gasteiger partial charge on any atom is -0.372 e. The molecule has 0 aromatic rings. The molecular weight excluding hydrogens is 176 g/mol. The summed E-state index contributed by atoms with van der Waals surface area (Å²) in [5.41, 5.74) is 0. The molecule has 78 valence electrons. The maximum atomic E-state index is 11.8. The van der Waals surface area contributed by atoms with E-state index >= 15 is 0 Å². The van der Waals surface area contributed by atoms with E-state index in [0.717, 1.165) is 25.8 Å². The highest BCUT2D eigenvalue weighted by Crippen LogP contribution is 2.22. The van der Waals surface area contributed by atoms with E-state index in [1.54, 1.807) is 0 Å². The van der Waals surface area contributed by atoms with Gasteiger partial charge in [-0.1, -0.05) is 6.92 Å². The van der Waals surface area contributed by atoms with Crippen LogP contribution < -0.4 is 5.32 Å². The molecular formula is C9H17F2NO. The standard InChI is InChI=1S/C9H17F2NO/c1-2-12-7-3-4-8(5-7)13-6-9(10)11/h7-9,12H,2-6H2,1H3. The third-order valence-corrected chi connectivity index (χ3v) is 2.34. The predicted molar refractivity (Wildman–Crippen MR) is 47.1 cm³/mol. The first kappa shape index (κ1) is 10.9. The van der Waals surface area contributed by atoms with Crippen molar-refractivity contribution in [2.45, 2.75) is 44.8 Å². The highest BCUT2D eigenvalue weighted by Gasteiger charge is 2.24. The van der Waals surface area contributed by atoms with Crippen molar-refractivity contribution in [3.8, 4) is 0 Å². The van der Waals surface area contributed by atoms with Crippen LogP contribution in [0.25, 0.3) is 0 Å². The zero-order valence-corrected chi connectivity index (χ0v) is 7.93. The number of halogens is 2. The van der Waals surface area contributed by atoms with Gasteiger partial charge < -0.3 is 10.1 Å². The molecule has 0 bridgehead atoms. The van der Waals surface area contributed by atoms with Gasteiger partial charge in [0, 0.05) is 6.04 Å². The van der Waals surface area contributed by atoms with E-state index in [0.29, 0.717) is 6.04 Å². The Bertz CT molecular complexity index is 144. The third kappa shape index (κ3) is 4.00. The molecule has 1 saturated carbocycles. The van der Waals surface area contributed by atoms with Gasteiger partial charge in [-0.2, -0.15) is 0 Å². The lowest BCUT2D eigenvalue weighted by molar-refractivity contribution is -0.0217. The fraction of sp³-hybridized carbons (Fsp3) is 1.00. The van der Waals surface area contributed by atoms with Crippen LogP contribution in [-0.4, -0.2) is 31.7 Å². The molecule has 0 aliphatic heterocycles. The van der Waals surface area contributed by atoms with Crippen molar-refractivity contribution in [3.05, 3.63) is 0 Å². The molecule has 0 amide bonds. The zero-order valence-electron chi connectivity index (χ0n) is 7.93. The van der Waals surface area contributed by atoms with Gasteiger partial charge in [0.15, 0.2) is 0 Å². The van der Waals surface area contributed by atoms with E-state index in [4.69, 9.17) is 4.74 Å². The van der Waals surface area contributed by atoms with Gasteiger partial charge in [-0.05, 0) is 25.8 Å². The average Bonchev–Trinajstić information content (AvgIpc) is 2.50. The summed E-state index contributed by atoms with van der Waals surface area (Å²) in [6.45, 7) is 2.57. The Hall–Kier alpha value is -0.220. The summed E-state index contributed by atoms with van der Waals surface area (Å²) in [5, 5.41) is 3.29. The van der Waals surface area contributed by atoms with Crippen LogP contribution >= 0.6 is 0 Å². The molecule has 0 radical (unpaired) electrons. The summed E-state index contributed by atoms with van der Waals surface area (Å²) in [4.78, 5) is 0. The van der Waals surface area contributed by atoms with E-state index < -0.39 is 13.0 Å². The van der Waals surface area contributed by atoms with Crippen LogP contribution in [0.15, 0.2) is 0 Å². The SMILES string of the molecule is CCNC1CCC(OCC(F)F)C1. The normalized spacial score (nSPS) is 28.6. The maximum Gasteiger partial charge on any atom is 0.261 e. The first-order chi connectivity index (χ1) is 6.22. The van der Waals surface area contributed by atoms with Gasteiger partial charge in [-0.15, -0.1) is 0 Å². The molecule has 1 fully saturated rings. The number of nitrogens with one attached hydrogen (secondary N) is 1. The second-order valence-electron chi connectivity index (χ2n) is 3.41. The highest BCUT2D eigenvalue weighted by molar-refractivity contribution is 4.80. The molecule has 2 atom stereocenters. The first-order valence-corrected chi connectivity index (χ1v) is 4.85. The van der Waals surface area contributed by atoms with Gasteiger partial charge in [0.25, 0.3) is 6.43 Å². The molecule has 1 rings (SSSR count). The van der Waals surface area contributed by atoms with E-state index in [1.807, 2.05) is 6.92 Å². The van der Waals surface area contributed by atoms with Gasteiger partial charge in [-0.3, -0.25) is 0 Å². The van der Waals surface area contributed by atoms with Crippen LogP contribution in [-0.2, 0) is 4.74 Å². The van der Waals surface area contributed by atoms with Gasteiger partial charge in [0.05, 0.1) is 6.10 Å². The van der Waals surface area contributed by atoms with Crippen molar-refractivity contribution in [3.63, 3.8) is 0 Å². The molecule has 0 aromatic heterocycles. The fourth-order valence-corrected chi connectivity index (χ4v) is 1.77. The number of hydrogen-bond acceptors (Lipinski definition) is 2. The maximum absolute atomic E-state index is 11.8. The van der Waals surface area contributed by atoms with Crippen LogP contribution in [0.3, 0.4) is 0 Å². The summed E-state index contributed by atoms with van der Waals surface area (Å²) in [5.74, 6) is 0. The van der Waals surface area contributed by atoms with E-state index in [1.165, 1.54) is 0 Å². The summed E-state index contributed by atoms with van der Waals surface area (Å²) < 4.78 is 28.6. The summed E-state index contributed by atoms with van der Waals surface area (Å²) >= 11 is 0. The molecule has 13 heavy (non-hydrogen) atoms. The topological polar surface area (TPSA) is 21.3 Å². The molecule has 2 unspecified atom stereocenters. The fourth-order valence-electron chi connectivity index (χ4n) is 1.77. The summed E-state index contributed by atoms with van der Waals surface area (Å²) in [7, 11) is 0. The Morgan fingerprint density at radius 2 is 2.23 bits per heavy atom. The van der Waals surface area contributed by atoms with Gasteiger partial charge >= 0.3 is 0 Å². The quantitative estimate of drug-likeness (QED) is 0.718. The number of hydrogen-bond donors (Lipinski definition) is 1. The number of rotatable bonds is 5. The molecule has 0 aromatic carbocycles. The van der Waals surface area contributed by atoms with Crippen LogP contribution in [0.1, 0.15) is 26.2 Å². The lowest BCUT2D eigenvalue weighted by atomic mass is 10.2. The largest absolute Gasteiger partial charge is 0.372 e. The Labute approximate surface area is 77.6 Å². The van der Waals surface area contributed by atoms with Crippen LogP contribution in [0, 0.1) is 0 Å². The van der Waals surface area contributed by atoms with E-state index in [9.17, 15) is 8.78 Å². The molecule has 2 nitrogen and oxygen atoms in total. The predicted octanol–water partition coefficient (Wildman–Crippen LogP) is 1.80. The van der Waals surface area contributed by atoms with Crippen molar-refractivity contribution in [1.29, 1.82) is 0 Å². The van der Waals surface area contributed by atoms with Crippen molar-refractivity contribution in [1.82, 2.24) is 5.32 Å².